The first-order chi connectivity index (χ1) is 9.27. The van der Waals surface area contributed by atoms with Crippen molar-refractivity contribution in [2.24, 2.45) is 0 Å². The summed E-state index contributed by atoms with van der Waals surface area (Å²) in [6.07, 6.45) is 3.82. The molecule has 0 aromatic heterocycles. The minimum atomic E-state index is 0.735. The van der Waals surface area contributed by atoms with Crippen LogP contribution < -0.4 is 5.32 Å². The van der Waals surface area contributed by atoms with E-state index in [4.69, 9.17) is 16.3 Å². The maximum atomic E-state index is 6.31. The van der Waals surface area contributed by atoms with Gasteiger partial charge >= 0.3 is 0 Å². The summed E-state index contributed by atoms with van der Waals surface area (Å²) in [7, 11) is 1.71. The summed E-state index contributed by atoms with van der Waals surface area (Å²) in [6, 6.07) is 6.34. The summed E-state index contributed by atoms with van der Waals surface area (Å²) >= 11 is 8.16. The van der Waals surface area contributed by atoms with Crippen LogP contribution in [-0.2, 0) is 11.3 Å². The molecule has 2 nitrogen and oxygen atoms in total. The van der Waals surface area contributed by atoms with Gasteiger partial charge in [0, 0.05) is 25.1 Å². The summed E-state index contributed by atoms with van der Waals surface area (Å²) in [5, 5.41) is 4.19. The molecule has 0 aliphatic carbocycles. The van der Waals surface area contributed by atoms with Crippen LogP contribution in [0, 0.1) is 0 Å². The Morgan fingerprint density at radius 3 is 2.84 bits per heavy atom. The molecule has 0 unspecified atom stereocenters. The first kappa shape index (κ1) is 16.8. The molecule has 0 radical (unpaired) electrons. The molecule has 108 valence electrons. The van der Waals surface area contributed by atoms with Crippen LogP contribution >= 0.6 is 23.4 Å². The zero-order valence-corrected chi connectivity index (χ0v) is 13.4. The highest BCUT2D eigenvalue weighted by atomic mass is 35.5. The third kappa shape index (κ3) is 7.21. The third-order valence-corrected chi connectivity index (χ3v) is 4.40. The van der Waals surface area contributed by atoms with Gasteiger partial charge in [-0.05, 0) is 29.9 Å². The minimum absolute atomic E-state index is 0.735. The largest absolute Gasteiger partial charge is 0.383 e. The zero-order valence-electron chi connectivity index (χ0n) is 11.9. The Bertz CT molecular complexity index is 360. The predicted molar refractivity (Wildman–Crippen MR) is 85.3 cm³/mol. The number of nitrogens with one attached hydrogen (secondary N) is 1. The molecule has 0 fully saturated rings. The molecule has 0 amide bonds. The lowest BCUT2D eigenvalue weighted by atomic mass is 10.2. The fourth-order valence-corrected chi connectivity index (χ4v) is 3.01. The maximum absolute atomic E-state index is 6.31. The Kier molecular flexibility index (Phi) is 9.35. The smallest absolute Gasteiger partial charge is 0.0587 e. The van der Waals surface area contributed by atoms with E-state index in [9.17, 15) is 0 Å². The topological polar surface area (TPSA) is 21.3 Å². The Morgan fingerprint density at radius 2 is 2.16 bits per heavy atom. The van der Waals surface area contributed by atoms with E-state index in [0.29, 0.717) is 0 Å². The summed E-state index contributed by atoms with van der Waals surface area (Å²) < 4.78 is 4.99. The number of rotatable bonds is 10. The van der Waals surface area contributed by atoms with Gasteiger partial charge in [-0.25, -0.2) is 0 Å². The predicted octanol–water partition coefficient (Wildman–Crippen LogP) is 4.36. The SMILES string of the molecule is CCCCCSc1ccc(CNCCOC)cc1Cl. The second-order valence-corrected chi connectivity index (χ2v) is 6.03. The lowest BCUT2D eigenvalue weighted by molar-refractivity contribution is 0.199. The molecule has 0 aliphatic heterocycles. The van der Waals surface area contributed by atoms with E-state index in [1.165, 1.54) is 29.7 Å². The van der Waals surface area contributed by atoms with Crippen molar-refractivity contribution in [3.8, 4) is 0 Å². The molecule has 0 atom stereocenters. The average Bonchev–Trinajstić information content (AvgIpc) is 2.42. The molecule has 0 saturated heterocycles. The first-order valence-electron chi connectivity index (χ1n) is 6.88. The lowest BCUT2D eigenvalue weighted by Gasteiger charge is -2.08. The Morgan fingerprint density at radius 1 is 1.32 bits per heavy atom. The lowest BCUT2D eigenvalue weighted by Crippen LogP contribution is -2.18. The number of thioether (sulfide) groups is 1. The molecule has 0 bridgehead atoms. The molecular weight excluding hydrogens is 278 g/mol. The monoisotopic (exact) mass is 301 g/mol. The van der Waals surface area contributed by atoms with Gasteiger partial charge < -0.3 is 10.1 Å². The first-order valence-corrected chi connectivity index (χ1v) is 8.25. The number of unbranched alkanes of at least 4 members (excludes halogenated alkanes) is 2. The van der Waals surface area contributed by atoms with Crippen LogP contribution in [0.15, 0.2) is 23.1 Å². The quantitative estimate of drug-likeness (QED) is 0.512. The number of methoxy groups -OCH3 is 1. The molecular formula is C15H24ClNOS. The van der Waals surface area contributed by atoms with E-state index in [0.717, 1.165) is 30.5 Å². The number of halogens is 1. The summed E-state index contributed by atoms with van der Waals surface area (Å²) in [4.78, 5) is 1.19. The molecule has 1 aromatic carbocycles. The fraction of sp³-hybridized carbons (Fsp3) is 0.600. The van der Waals surface area contributed by atoms with Crippen molar-refractivity contribution in [2.45, 2.75) is 37.6 Å². The van der Waals surface area contributed by atoms with Gasteiger partial charge in [-0.2, -0.15) is 0 Å². The molecule has 0 aliphatic rings. The highest BCUT2D eigenvalue weighted by Crippen LogP contribution is 2.28. The van der Waals surface area contributed by atoms with Gasteiger partial charge in [0.25, 0.3) is 0 Å². The Hall–Kier alpha value is -0.220. The zero-order chi connectivity index (χ0) is 13.9. The van der Waals surface area contributed by atoms with E-state index in [1.807, 2.05) is 11.8 Å². The molecule has 19 heavy (non-hydrogen) atoms. The summed E-state index contributed by atoms with van der Waals surface area (Å²) in [5.74, 6) is 1.15. The molecule has 1 rings (SSSR count). The van der Waals surface area contributed by atoms with Crippen molar-refractivity contribution >= 4 is 23.4 Å². The standard InChI is InChI=1S/C15H24ClNOS/c1-3-4-5-10-19-15-7-6-13(11-14(15)16)12-17-8-9-18-2/h6-7,11,17H,3-5,8-10,12H2,1-2H3. The molecule has 1 aromatic rings. The molecule has 1 N–H and O–H groups in total. The van der Waals surface area contributed by atoms with Crippen LogP contribution in [-0.4, -0.2) is 26.0 Å². The molecule has 0 heterocycles. The molecule has 0 saturated carbocycles. The van der Waals surface area contributed by atoms with Gasteiger partial charge in [0.1, 0.15) is 0 Å². The van der Waals surface area contributed by atoms with Crippen LogP contribution in [0.5, 0.6) is 0 Å². The van der Waals surface area contributed by atoms with Gasteiger partial charge in [0.2, 0.25) is 0 Å². The van der Waals surface area contributed by atoms with Gasteiger partial charge in [-0.15, -0.1) is 11.8 Å². The van der Waals surface area contributed by atoms with Crippen molar-refractivity contribution in [1.29, 1.82) is 0 Å². The van der Waals surface area contributed by atoms with Crippen molar-refractivity contribution in [2.75, 3.05) is 26.0 Å². The van der Waals surface area contributed by atoms with Crippen LogP contribution in [0.4, 0.5) is 0 Å². The van der Waals surface area contributed by atoms with Crippen LogP contribution in [0.2, 0.25) is 5.02 Å². The van der Waals surface area contributed by atoms with Crippen molar-refractivity contribution in [1.82, 2.24) is 5.32 Å². The van der Waals surface area contributed by atoms with Gasteiger partial charge in [0.15, 0.2) is 0 Å². The highest BCUT2D eigenvalue weighted by Gasteiger charge is 2.02. The maximum Gasteiger partial charge on any atom is 0.0587 e. The second-order valence-electron chi connectivity index (χ2n) is 4.49. The van der Waals surface area contributed by atoms with E-state index >= 15 is 0 Å². The van der Waals surface area contributed by atoms with E-state index in [1.54, 1.807) is 7.11 Å². The van der Waals surface area contributed by atoms with Gasteiger partial charge in [-0.3, -0.25) is 0 Å². The van der Waals surface area contributed by atoms with E-state index in [2.05, 4.69) is 30.4 Å². The summed E-state index contributed by atoms with van der Waals surface area (Å²) in [5.41, 5.74) is 1.22. The Labute approximate surface area is 126 Å². The van der Waals surface area contributed by atoms with Crippen molar-refractivity contribution < 1.29 is 4.74 Å². The normalized spacial score (nSPS) is 10.9. The number of hydrogen-bond acceptors (Lipinski definition) is 3. The summed E-state index contributed by atoms with van der Waals surface area (Å²) in [6.45, 7) is 4.66. The van der Waals surface area contributed by atoms with Crippen LogP contribution in [0.1, 0.15) is 31.7 Å². The minimum Gasteiger partial charge on any atom is -0.383 e. The van der Waals surface area contributed by atoms with Gasteiger partial charge in [-0.1, -0.05) is 37.4 Å². The fourth-order valence-electron chi connectivity index (χ4n) is 1.71. The van der Waals surface area contributed by atoms with E-state index in [-0.39, 0.29) is 0 Å². The number of hydrogen-bond donors (Lipinski definition) is 1. The highest BCUT2D eigenvalue weighted by molar-refractivity contribution is 7.99. The molecule has 0 spiro atoms. The second kappa shape index (κ2) is 10.6. The average molecular weight is 302 g/mol. The van der Waals surface area contributed by atoms with Crippen LogP contribution in [0.3, 0.4) is 0 Å². The van der Waals surface area contributed by atoms with Crippen molar-refractivity contribution in [3.63, 3.8) is 0 Å². The van der Waals surface area contributed by atoms with Crippen molar-refractivity contribution in [3.05, 3.63) is 28.8 Å². The third-order valence-electron chi connectivity index (χ3n) is 2.81. The van der Waals surface area contributed by atoms with E-state index < -0.39 is 0 Å². The van der Waals surface area contributed by atoms with Gasteiger partial charge in [0.05, 0.1) is 11.6 Å². The molecule has 4 heteroatoms. The number of benzene rings is 1. The van der Waals surface area contributed by atoms with Crippen LogP contribution in [0.25, 0.3) is 0 Å². The number of ether oxygens (including phenoxy) is 1. The Balaban J connectivity index is 2.36.